The second kappa shape index (κ2) is 9.09. The first kappa shape index (κ1) is 22.0. The number of benzene rings is 3. The van der Waals surface area contributed by atoms with Crippen LogP contribution in [-0.2, 0) is 16.4 Å². The lowest BCUT2D eigenvalue weighted by atomic mass is 9.88. The van der Waals surface area contributed by atoms with Gasteiger partial charge in [0.15, 0.2) is 0 Å². The van der Waals surface area contributed by atoms with Crippen molar-refractivity contribution in [2.24, 2.45) is 0 Å². The molecule has 4 rings (SSSR count). The van der Waals surface area contributed by atoms with Gasteiger partial charge in [0.1, 0.15) is 17.6 Å². The van der Waals surface area contributed by atoms with E-state index in [1.54, 1.807) is 13.2 Å². The number of sulfonamides is 1. The molecule has 0 spiro atoms. The van der Waals surface area contributed by atoms with Crippen molar-refractivity contribution in [1.82, 2.24) is 0 Å². The van der Waals surface area contributed by atoms with E-state index in [1.807, 2.05) is 48.5 Å². The molecular weight excluding hydrogens is 422 g/mol. The molecule has 0 bridgehead atoms. The van der Waals surface area contributed by atoms with Crippen molar-refractivity contribution < 1.29 is 17.9 Å². The molecule has 0 radical (unpaired) electrons. The van der Waals surface area contributed by atoms with Gasteiger partial charge in [-0.05, 0) is 60.2 Å². The third-order valence-electron chi connectivity index (χ3n) is 5.49. The maximum absolute atomic E-state index is 11.8. The molecule has 3 aromatic rings. The fourth-order valence-corrected chi connectivity index (χ4v) is 4.69. The average Bonchev–Trinajstić information content (AvgIpc) is 2.77. The van der Waals surface area contributed by atoms with Gasteiger partial charge in [0.2, 0.25) is 10.0 Å². The number of aryl methyl sites for hydroxylation is 1. The Morgan fingerprint density at radius 2 is 1.94 bits per heavy atom. The monoisotopic (exact) mass is 449 g/mol. The van der Waals surface area contributed by atoms with E-state index in [9.17, 15) is 8.42 Å². The standard InChI is InChI=1S/C26H27NO4S/c1-4-5-6-9-18-10-7-11-19(16-18)26-22-17-20(27-32(3,28)29)14-15-21(22)25-23(30-2)12-8-13-24(25)31-26/h4,7-8,10-17,26-27H,1,5-6,9H2,2-3H3. The van der Waals surface area contributed by atoms with Crippen molar-refractivity contribution in [2.45, 2.75) is 25.4 Å². The molecule has 1 atom stereocenters. The molecule has 3 aromatic carbocycles. The minimum Gasteiger partial charge on any atom is -0.496 e. The highest BCUT2D eigenvalue weighted by Crippen LogP contribution is 2.49. The zero-order chi connectivity index (χ0) is 22.7. The van der Waals surface area contributed by atoms with Crippen LogP contribution in [0, 0.1) is 0 Å². The van der Waals surface area contributed by atoms with Crippen LogP contribution < -0.4 is 14.2 Å². The molecule has 5 nitrogen and oxygen atoms in total. The summed E-state index contributed by atoms with van der Waals surface area (Å²) >= 11 is 0. The first-order chi connectivity index (χ1) is 15.4. The third-order valence-corrected chi connectivity index (χ3v) is 6.09. The van der Waals surface area contributed by atoms with Crippen LogP contribution in [0.1, 0.15) is 35.6 Å². The van der Waals surface area contributed by atoms with Crippen LogP contribution in [0.3, 0.4) is 0 Å². The summed E-state index contributed by atoms with van der Waals surface area (Å²) in [5.74, 6) is 1.45. The number of unbranched alkanes of at least 4 members (excludes halogenated alkanes) is 1. The van der Waals surface area contributed by atoms with Crippen LogP contribution in [0.25, 0.3) is 11.1 Å². The summed E-state index contributed by atoms with van der Waals surface area (Å²) < 4.78 is 38.3. The molecule has 0 amide bonds. The van der Waals surface area contributed by atoms with Crippen LogP contribution in [0.4, 0.5) is 5.69 Å². The molecule has 0 aliphatic carbocycles. The zero-order valence-corrected chi connectivity index (χ0v) is 19.1. The predicted octanol–water partition coefficient (Wildman–Crippen LogP) is 5.72. The third kappa shape index (κ3) is 4.65. The number of hydrogen-bond donors (Lipinski definition) is 1. The lowest BCUT2D eigenvalue weighted by Crippen LogP contribution is -2.17. The normalized spacial score (nSPS) is 14.6. The van der Waals surface area contributed by atoms with Crippen LogP contribution in [0.5, 0.6) is 11.5 Å². The molecule has 0 aromatic heterocycles. The first-order valence-electron chi connectivity index (χ1n) is 10.5. The predicted molar refractivity (Wildman–Crippen MR) is 129 cm³/mol. The number of rotatable bonds is 8. The topological polar surface area (TPSA) is 64.6 Å². The number of nitrogens with one attached hydrogen (secondary N) is 1. The van der Waals surface area contributed by atoms with Gasteiger partial charge < -0.3 is 9.47 Å². The van der Waals surface area contributed by atoms with Gasteiger partial charge in [-0.15, -0.1) is 6.58 Å². The van der Waals surface area contributed by atoms with E-state index in [-0.39, 0.29) is 6.10 Å². The molecule has 1 aliphatic heterocycles. The number of anilines is 1. The van der Waals surface area contributed by atoms with Gasteiger partial charge in [0, 0.05) is 11.3 Å². The smallest absolute Gasteiger partial charge is 0.229 e. The van der Waals surface area contributed by atoms with E-state index in [1.165, 1.54) is 5.56 Å². The minimum absolute atomic E-state index is 0.370. The number of hydrogen-bond acceptors (Lipinski definition) is 4. The molecule has 1 unspecified atom stereocenters. The van der Waals surface area contributed by atoms with Crippen LogP contribution >= 0.6 is 0 Å². The number of methoxy groups -OCH3 is 1. The van der Waals surface area contributed by atoms with Gasteiger partial charge in [0.25, 0.3) is 0 Å². The van der Waals surface area contributed by atoms with Gasteiger partial charge in [0.05, 0.1) is 18.9 Å². The van der Waals surface area contributed by atoms with E-state index in [0.29, 0.717) is 11.4 Å². The van der Waals surface area contributed by atoms with Crippen molar-refractivity contribution in [1.29, 1.82) is 0 Å². The van der Waals surface area contributed by atoms with Gasteiger partial charge in [-0.3, -0.25) is 4.72 Å². The Kier molecular flexibility index (Phi) is 6.24. The maximum Gasteiger partial charge on any atom is 0.229 e. The second-order valence-corrected chi connectivity index (χ2v) is 9.68. The Labute approximate surface area is 189 Å². The van der Waals surface area contributed by atoms with Crippen molar-refractivity contribution in [3.8, 4) is 22.6 Å². The summed E-state index contributed by atoms with van der Waals surface area (Å²) in [5, 5.41) is 0. The summed E-state index contributed by atoms with van der Waals surface area (Å²) in [4.78, 5) is 0. The fourth-order valence-electron chi connectivity index (χ4n) is 4.13. The minimum atomic E-state index is -3.40. The second-order valence-electron chi connectivity index (χ2n) is 7.93. The van der Waals surface area contributed by atoms with Crippen molar-refractivity contribution in [3.63, 3.8) is 0 Å². The Morgan fingerprint density at radius 3 is 2.69 bits per heavy atom. The van der Waals surface area contributed by atoms with E-state index in [0.717, 1.165) is 53.5 Å². The molecule has 1 N–H and O–H groups in total. The summed E-state index contributed by atoms with van der Waals surface area (Å²) in [6, 6.07) is 19.7. The Bertz CT molecular complexity index is 1250. The molecule has 32 heavy (non-hydrogen) atoms. The lowest BCUT2D eigenvalue weighted by molar-refractivity contribution is 0.242. The Hall–Kier alpha value is -3.25. The zero-order valence-electron chi connectivity index (χ0n) is 18.3. The summed E-state index contributed by atoms with van der Waals surface area (Å²) in [6.07, 6.45) is 5.68. The first-order valence-corrected chi connectivity index (χ1v) is 12.4. The molecule has 1 heterocycles. The fraction of sp³-hybridized carbons (Fsp3) is 0.231. The van der Waals surface area contributed by atoms with Gasteiger partial charge in [-0.25, -0.2) is 8.42 Å². The quantitative estimate of drug-likeness (QED) is 0.353. The van der Waals surface area contributed by atoms with Crippen LogP contribution in [0.15, 0.2) is 73.3 Å². The maximum atomic E-state index is 11.8. The van der Waals surface area contributed by atoms with Gasteiger partial charge in [-0.2, -0.15) is 0 Å². The van der Waals surface area contributed by atoms with Crippen molar-refractivity contribution >= 4 is 15.7 Å². The highest BCUT2D eigenvalue weighted by Gasteiger charge is 2.30. The highest BCUT2D eigenvalue weighted by atomic mass is 32.2. The van der Waals surface area contributed by atoms with Crippen LogP contribution in [-0.4, -0.2) is 21.8 Å². The summed E-state index contributed by atoms with van der Waals surface area (Å²) in [5.41, 5.74) is 5.47. The van der Waals surface area contributed by atoms with Crippen molar-refractivity contribution in [2.75, 3.05) is 18.1 Å². The molecule has 0 fully saturated rings. The Balaban J connectivity index is 1.82. The number of fused-ring (bicyclic) bond motifs is 3. The largest absolute Gasteiger partial charge is 0.496 e. The number of ether oxygens (including phenoxy) is 2. The highest BCUT2D eigenvalue weighted by molar-refractivity contribution is 7.92. The van der Waals surface area contributed by atoms with Gasteiger partial charge in [-0.1, -0.05) is 42.5 Å². The van der Waals surface area contributed by atoms with Crippen LogP contribution in [0.2, 0.25) is 0 Å². The van der Waals surface area contributed by atoms with E-state index < -0.39 is 10.0 Å². The average molecular weight is 450 g/mol. The number of allylic oxidation sites excluding steroid dienone is 1. The SMILES string of the molecule is C=CCCCc1cccc(C2Oc3cccc(OC)c3-c3ccc(NS(C)(=O)=O)cc32)c1. The van der Waals surface area contributed by atoms with E-state index in [4.69, 9.17) is 9.47 Å². The van der Waals surface area contributed by atoms with Gasteiger partial charge >= 0.3 is 0 Å². The molecule has 0 saturated heterocycles. The molecular formula is C26H27NO4S. The molecule has 6 heteroatoms. The van der Waals surface area contributed by atoms with Crippen molar-refractivity contribution in [3.05, 3.63) is 90.0 Å². The van der Waals surface area contributed by atoms with E-state index >= 15 is 0 Å². The molecule has 1 aliphatic rings. The lowest BCUT2D eigenvalue weighted by Gasteiger charge is -2.30. The summed E-state index contributed by atoms with van der Waals surface area (Å²) in [7, 11) is -1.77. The Morgan fingerprint density at radius 1 is 1.12 bits per heavy atom. The molecule has 0 saturated carbocycles. The summed E-state index contributed by atoms with van der Waals surface area (Å²) in [6.45, 7) is 3.80. The molecule has 166 valence electrons. The van der Waals surface area contributed by atoms with E-state index in [2.05, 4.69) is 23.4 Å².